The standard InChI is InChI=1S/C8H18S2/c1-3-5-8(6-9)7-10-4-2/h8-9H,3-7H2,1-2H3. The highest BCUT2D eigenvalue weighted by atomic mass is 32.2. The zero-order valence-electron chi connectivity index (χ0n) is 6.97. The van der Waals surface area contributed by atoms with Crippen molar-refractivity contribution >= 4 is 24.4 Å². The maximum Gasteiger partial charge on any atom is -0.00314 e. The molecule has 0 rings (SSSR count). The molecule has 0 aliphatic heterocycles. The zero-order valence-corrected chi connectivity index (χ0v) is 8.68. The summed E-state index contributed by atoms with van der Waals surface area (Å²) in [7, 11) is 0. The maximum absolute atomic E-state index is 4.31. The van der Waals surface area contributed by atoms with Crippen molar-refractivity contribution in [2.75, 3.05) is 17.3 Å². The van der Waals surface area contributed by atoms with E-state index in [2.05, 4.69) is 26.5 Å². The fourth-order valence-electron chi connectivity index (χ4n) is 0.920. The minimum atomic E-state index is 0.846. The molecule has 0 aromatic carbocycles. The van der Waals surface area contributed by atoms with Crippen LogP contribution in [-0.4, -0.2) is 17.3 Å². The van der Waals surface area contributed by atoms with Crippen molar-refractivity contribution in [2.45, 2.75) is 26.7 Å². The van der Waals surface area contributed by atoms with Crippen LogP contribution in [0.2, 0.25) is 0 Å². The van der Waals surface area contributed by atoms with Crippen LogP contribution in [0.1, 0.15) is 26.7 Å². The van der Waals surface area contributed by atoms with Crippen molar-refractivity contribution in [3.63, 3.8) is 0 Å². The van der Waals surface area contributed by atoms with Gasteiger partial charge in [-0.3, -0.25) is 0 Å². The second kappa shape index (κ2) is 7.80. The molecule has 0 bridgehead atoms. The molecule has 0 aromatic heterocycles. The minimum Gasteiger partial charge on any atom is -0.179 e. The van der Waals surface area contributed by atoms with Crippen LogP contribution in [0.4, 0.5) is 0 Å². The molecule has 0 saturated heterocycles. The molecule has 0 amide bonds. The molecule has 0 spiro atoms. The Morgan fingerprint density at radius 3 is 2.50 bits per heavy atom. The largest absolute Gasteiger partial charge is 0.179 e. The van der Waals surface area contributed by atoms with Crippen molar-refractivity contribution < 1.29 is 0 Å². The van der Waals surface area contributed by atoms with Crippen LogP contribution in [0.25, 0.3) is 0 Å². The second-order valence-electron chi connectivity index (χ2n) is 2.50. The predicted octanol–water partition coefficient (Wildman–Crippen LogP) is 3.09. The van der Waals surface area contributed by atoms with Gasteiger partial charge in [-0.05, 0) is 29.6 Å². The van der Waals surface area contributed by atoms with Gasteiger partial charge in [-0.15, -0.1) is 0 Å². The van der Waals surface area contributed by atoms with E-state index >= 15 is 0 Å². The summed E-state index contributed by atoms with van der Waals surface area (Å²) in [6.07, 6.45) is 2.64. The summed E-state index contributed by atoms with van der Waals surface area (Å²) in [4.78, 5) is 0. The first-order valence-electron chi connectivity index (χ1n) is 4.03. The summed E-state index contributed by atoms with van der Waals surface area (Å²) in [5.74, 6) is 4.45. The average Bonchev–Trinajstić information content (AvgIpc) is 1.98. The fraction of sp³-hybridized carbons (Fsp3) is 1.00. The van der Waals surface area contributed by atoms with E-state index in [-0.39, 0.29) is 0 Å². The Kier molecular flexibility index (Phi) is 8.35. The highest BCUT2D eigenvalue weighted by Gasteiger charge is 2.03. The third-order valence-corrected chi connectivity index (χ3v) is 3.14. The van der Waals surface area contributed by atoms with Gasteiger partial charge in [0, 0.05) is 0 Å². The zero-order chi connectivity index (χ0) is 7.82. The molecule has 0 aliphatic carbocycles. The van der Waals surface area contributed by atoms with Gasteiger partial charge in [0.15, 0.2) is 0 Å². The second-order valence-corrected chi connectivity index (χ2v) is 4.18. The van der Waals surface area contributed by atoms with Crippen LogP contribution < -0.4 is 0 Å². The molecule has 0 aromatic rings. The summed E-state index contributed by atoms with van der Waals surface area (Å²) in [5.41, 5.74) is 0. The highest BCUT2D eigenvalue weighted by Crippen LogP contribution is 2.14. The van der Waals surface area contributed by atoms with Crippen LogP contribution >= 0.6 is 24.4 Å². The Morgan fingerprint density at radius 1 is 1.40 bits per heavy atom. The highest BCUT2D eigenvalue weighted by molar-refractivity contribution is 7.99. The summed E-state index contributed by atoms with van der Waals surface area (Å²) in [6, 6.07) is 0. The van der Waals surface area contributed by atoms with E-state index in [0.717, 1.165) is 11.7 Å². The van der Waals surface area contributed by atoms with E-state index in [9.17, 15) is 0 Å². The lowest BCUT2D eigenvalue weighted by molar-refractivity contribution is 0.595. The Labute approximate surface area is 74.6 Å². The van der Waals surface area contributed by atoms with E-state index < -0.39 is 0 Å². The summed E-state index contributed by atoms with van der Waals surface area (Å²) in [6.45, 7) is 4.46. The predicted molar refractivity (Wildman–Crippen MR) is 55.3 cm³/mol. The van der Waals surface area contributed by atoms with Gasteiger partial charge in [0.1, 0.15) is 0 Å². The van der Waals surface area contributed by atoms with Crippen LogP contribution in [0.15, 0.2) is 0 Å². The molecular formula is C8H18S2. The molecule has 0 saturated carbocycles. The molecular weight excluding hydrogens is 160 g/mol. The van der Waals surface area contributed by atoms with Crippen molar-refractivity contribution in [3.8, 4) is 0 Å². The quantitative estimate of drug-likeness (QED) is 0.610. The molecule has 10 heavy (non-hydrogen) atoms. The first-order chi connectivity index (χ1) is 4.85. The monoisotopic (exact) mass is 178 g/mol. The number of hydrogen-bond acceptors (Lipinski definition) is 2. The number of thiol groups is 1. The topological polar surface area (TPSA) is 0 Å². The van der Waals surface area contributed by atoms with Gasteiger partial charge >= 0.3 is 0 Å². The van der Waals surface area contributed by atoms with E-state index in [4.69, 9.17) is 0 Å². The van der Waals surface area contributed by atoms with E-state index in [1.165, 1.54) is 24.3 Å². The molecule has 62 valence electrons. The summed E-state index contributed by atoms with van der Waals surface area (Å²) in [5, 5.41) is 0. The molecule has 0 nitrogen and oxygen atoms in total. The van der Waals surface area contributed by atoms with Crippen molar-refractivity contribution in [3.05, 3.63) is 0 Å². The number of thioether (sulfide) groups is 1. The van der Waals surface area contributed by atoms with Gasteiger partial charge in [-0.25, -0.2) is 0 Å². The Balaban J connectivity index is 3.21. The Morgan fingerprint density at radius 2 is 2.10 bits per heavy atom. The van der Waals surface area contributed by atoms with Crippen LogP contribution in [0.5, 0.6) is 0 Å². The number of hydrogen-bond donors (Lipinski definition) is 1. The van der Waals surface area contributed by atoms with Gasteiger partial charge < -0.3 is 0 Å². The van der Waals surface area contributed by atoms with Crippen molar-refractivity contribution in [2.24, 2.45) is 5.92 Å². The molecule has 0 aliphatic rings. The van der Waals surface area contributed by atoms with E-state index in [1.807, 2.05) is 11.8 Å². The molecule has 0 radical (unpaired) electrons. The third kappa shape index (κ3) is 5.48. The lowest BCUT2D eigenvalue weighted by Gasteiger charge is -2.10. The smallest absolute Gasteiger partial charge is 0.00314 e. The van der Waals surface area contributed by atoms with Crippen molar-refractivity contribution in [1.82, 2.24) is 0 Å². The van der Waals surface area contributed by atoms with Gasteiger partial charge in [0.2, 0.25) is 0 Å². The van der Waals surface area contributed by atoms with Crippen LogP contribution in [-0.2, 0) is 0 Å². The molecule has 0 fully saturated rings. The molecule has 1 unspecified atom stereocenters. The molecule has 0 N–H and O–H groups in total. The maximum atomic E-state index is 4.31. The molecule has 2 heteroatoms. The third-order valence-electron chi connectivity index (χ3n) is 1.51. The number of rotatable bonds is 6. The lowest BCUT2D eigenvalue weighted by Crippen LogP contribution is -2.05. The Bertz CT molecular complexity index is 64.3. The summed E-state index contributed by atoms with van der Waals surface area (Å²) >= 11 is 6.34. The molecule has 0 heterocycles. The normalized spacial score (nSPS) is 13.5. The van der Waals surface area contributed by atoms with Gasteiger partial charge in [-0.2, -0.15) is 24.4 Å². The summed E-state index contributed by atoms with van der Waals surface area (Å²) < 4.78 is 0. The van der Waals surface area contributed by atoms with Gasteiger partial charge in [-0.1, -0.05) is 20.3 Å². The first kappa shape index (κ1) is 10.7. The first-order valence-corrected chi connectivity index (χ1v) is 5.82. The fourth-order valence-corrected chi connectivity index (χ4v) is 2.26. The molecule has 1 atom stereocenters. The van der Waals surface area contributed by atoms with Crippen LogP contribution in [0, 0.1) is 5.92 Å². The average molecular weight is 178 g/mol. The lowest BCUT2D eigenvalue weighted by atomic mass is 10.1. The van der Waals surface area contributed by atoms with Crippen LogP contribution in [0.3, 0.4) is 0 Å². The minimum absolute atomic E-state index is 0.846. The van der Waals surface area contributed by atoms with Crippen molar-refractivity contribution in [1.29, 1.82) is 0 Å². The SMILES string of the molecule is CCCC(CS)CSCC. The Hall–Kier alpha value is 0.700. The van der Waals surface area contributed by atoms with Gasteiger partial charge in [0.25, 0.3) is 0 Å². The van der Waals surface area contributed by atoms with E-state index in [0.29, 0.717) is 0 Å². The van der Waals surface area contributed by atoms with Gasteiger partial charge in [0.05, 0.1) is 0 Å². The van der Waals surface area contributed by atoms with E-state index in [1.54, 1.807) is 0 Å².